The van der Waals surface area contributed by atoms with Crippen LogP contribution >= 0.6 is 0 Å². The second kappa shape index (κ2) is 4.53. The van der Waals surface area contributed by atoms with Crippen molar-refractivity contribution in [2.45, 2.75) is 32.7 Å². The highest BCUT2D eigenvalue weighted by Gasteiger charge is 2.26. The van der Waals surface area contributed by atoms with Gasteiger partial charge in [-0.1, -0.05) is 0 Å². The predicted molar refractivity (Wildman–Crippen MR) is 74.1 cm³/mol. The number of hydrogen-bond donors (Lipinski definition) is 0. The first-order chi connectivity index (χ1) is 9.16. The Balaban J connectivity index is 1.83. The fourth-order valence-electron chi connectivity index (χ4n) is 2.50. The van der Waals surface area contributed by atoms with Gasteiger partial charge in [0.25, 0.3) is 5.91 Å². The van der Waals surface area contributed by atoms with Gasteiger partial charge in [-0.15, -0.1) is 0 Å². The molecule has 2 aromatic rings. The van der Waals surface area contributed by atoms with Crippen LogP contribution in [0.2, 0.25) is 0 Å². The molecule has 1 aliphatic carbocycles. The predicted octanol–water partition coefficient (Wildman–Crippen LogP) is 2.99. The van der Waals surface area contributed by atoms with Crippen molar-refractivity contribution < 1.29 is 4.79 Å². The van der Waals surface area contributed by atoms with E-state index < -0.39 is 0 Å². The standard InChI is InChI=1S/C15H17N3O/c1-11-9-13(12(2)18(11)14-4-5-14)3-6-15(19)17-8-7-16-10-17/h3,6-10,14H,4-5H2,1-2H3/b6-3+. The maximum absolute atomic E-state index is 11.9. The zero-order valence-electron chi connectivity index (χ0n) is 11.2. The normalized spacial score (nSPS) is 15.3. The number of carbonyl (C=O) groups excluding carboxylic acids is 1. The highest BCUT2D eigenvalue weighted by atomic mass is 16.1. The van der Waals surface area contributed by atoms with Crippen LogP contribution in [0.5, 0.6) is 0 Å². The summed E-state index contributed by atoms with van der Waals surface area (Å²) in [6.07, 6.45) is 10.8. The molecule has 0 spiro atoms. The summed E-state index contributed by atoms with van der Waals surface area (Å²) < 4.78 is 3.85. The van der Waals surface area contributed by atoms with Crippen LogP contribution in [-0.4, -0.2) is 20.0 Å². The molecule has 1 saturated carbocycles. The van der Waals surface area contributed by atoms with E-state index in [2.05, 4.69) is 29.5 Å². The highest BCUT2D eigenvalue weighted by molar-refractivity contribution is 5.93. The van der Waals surface area contributed by atoms with Crippen LogP contribution in [0.4, 0.5) is 0 Å². The first-order valence-corrected chi connectivity index (χ1v) is 6.55. The molecule has 4 heteroatoms. The minimum atomic E-state index is -0.0753. The molecule has 2 aromatic heterocycles. The van der Waals surface area contributed by atoms with Crippen molar-refractivity contribution >= 4 is 12.0 Å². The summed E-state index contributed by atoms with van der Waals surface area (Å²) in [7, 11) is 0. The lowest BCUT2D eigenvalue weighted by Crippen LogP contribution is -2.03. The van der Waals surface area contributed by atoms with Gasteiger partial charge in [0.15, 0.2) is 0 Å². The Morgan fingerprint density at radius 1 is 1.42 bits per heavy atom. The van der Waals surface area contributed by atoms with Gasteiger partial charge in [-0.3, -0.25) is 9.36 Å². The number of aromatic nitrogens is 3. The Morgan fingerprint density at radius 3 is 2.84 bits per heavy atom. The van der Waals surface area contributed by atoms with Crippen molar-refractivity contribution in [2.75, 3.05) is 0 Å². The molecule has 4 nitrogen and oxygen atoms in total. The summed E-state index contributed by atoms with van der Waals surface area (Å²) in [5.74, 6) is -0.0753. The molecule has 0 amide bonds. The molecule has 1 fully saturated rings. The zero-order valence-corrected chi connectivity index (χ0v) is 11.2. The average molecular weight is 255 g/mol. The number of imidazole rings is 1. The first-order valence-electron chi connectivity index (χ1n) is 6.55. The monoisotopic (exact) mass is 255 g/mol. The van der Waals surface area contributed by atoms with Crippen LogP contribution in [0.25, 0.3) is 6.08 Å². The number of rotatable bonds is 3. The lowest BCUT2D eigenvalue weighted by Gasteiger charge is -2.06. The number of hydrogen-bond acceptors (Lipinski definition) is 2. The van der Waals surface area contributed by atoms with E-state index in [0.717, 1.165) is 5.56 Å². The fraction of sp³-hybridized carbons (Fsp3) is 0.333. The summed E-state index contributed by atoms with van der Waals surface area (Å²) >= 11 is 0. The molecule has 1 aliphatic rings. The van der Waals surface area contributed by atoms with Gasteiger partial charge >= 0.3 is 0 Å². The van der Waals surface area contributed by atoms with Crippen LogP contribution in [0, 0.1) is 13.8 Å². The number of carbonyl (C=O) groups is 1. The molecule has 0 N–H and O–H groups in total. The quantitative estimate of drug-likeness (QED) is 0.791. The van der Waals surface area contributed by atoms with Crippen molar-refractivity contribution in [3.63, 3.8) is 0 Å². The van der Waals surface area contributed by atoms with E-state index in [-0.39, 0.29) is 5.91 Å². The zero-order chi connectivity index (χ0) is 13.4. The smallest absolute Gasteiger partial charge is 0.255 e. The van der Waals surface area contributed by atoms with Crippen molar-refractivity contribution in [1.82, 2.24) is 14.1 Å². The van der Waals surface area contributed by atoms with Gasteiger partial charge in [-0.05, 0) is 44.4 Å². The van der Waals surface area contributed by atoms with Crippen LogP contribution in [0.1, 0.15) is 40.6 Å². The molecule has 0 unspecified atom stereocenters. The molecular weight excluding hydrogens is 238 g/mol. The van der Waals surface area contributed by atoms with Crippen LogP contribution < -0.4 is 0 Å². The lowest BCUT2D eigenvalue weighted by molar-refractivity contribution is 0.0969. The van der Waals surface area contributed by atoms with Crippen LogP contribution in [-0.2, 0) is 0 Å². The maximum Gasteiger partial charge on any atom is 0.255 e. The molecule has 98 valence electrons. The summed E-state index contributed by atoms with van der Waals surface area (Å²) in [5, 5.41) is 0. The van der Waals surface area contributed by atoms with E-state index in [4.69, 9.17) is 0 Å². The van der Waals surface area contributed by atoms with Gasteiger partial charge in [-0.25, -0.2) is 4.98 Å². The second-order valence-electron chi connectivity index (χ2n) is 5.07. The Hall–Kier alpha value is -2.10. The molecule has 0 atom stereocenters. The minimum absolute atomic E-state index is 0.0753. The van der Waals surface area contributed by atoms with Crippen molar-refractivity contribution in [3.05, 3.63) is 47.8 Å². The maximum atomic E-state index is 11.9. The molecule has 0 bridgehead atoms. The third-order valence-corrected chi connectivity index (χ3v) is 3.60. The minimum Gasteiger partial charge on any atom is -0.346 e. The third kappa shape index (κ3) is 2.26. The average Bonchev–Trinajstić information content (AvgIpc) is 2.98. The fourth-order valence-corrected chi connectivity index (χ4v) is 2.50. The van der Waals surface area contributed by atoms with Gasteiger partial charge in [0.1, 0.15) is 6.33 Å². The van der Waals surface area contributed by atoms with E-state index in [1.165, 1.54) is 35.1 Å². The third-order valence-electron chi connectivity index (χ3n) is 3.60. The molecule has 19 heavy (non-hydrogen) atoms. The summed E-state index contributed by atoms with van der Waals surface area (Å²) in [6.45, 7) is 4.24. The van der Waals surface area contributed by atoms with Gasteiger partial charge < -0.3 is 4.57 Å². The number of allylic oxidation sites excluding steroid dienone is 1. The summed E-state index contributed by atoms with van der Waals surface area (Å²) in [6, 6.07) is 2.82. The molecule has 3 rings (SSSR count). The van der Waals surface area contributed by atoms with Gasteiger partial charge in [-0.2, -0.15) is 0 Å². The van der Waals surface area contributed by atoms with E-state index >= 15 is 0 Å². The van der Waals surface area contributed by atoms with Gasteiger partial charge in [0.2, 0.25) is 0 Å². The topological polar surface area (TPSA) is 39.8 Å². The summed E-state index contributed by atoms with van der Waals surface area (Å²) in [4.78, 5) is 15.7. The van der Waals surface area contributed by atoms with Crippen molar-refractivity contribution in [3.8, 4) is 0 Å². The van der Waals surface area contributed by atoms with Gasteiger partial charge in [0.05, 0.1) is 0 Å². The molecule has 0 aromatic carbocycles. The van der Waals surface area contributed by atoms with E-state index in [0.29, 0.717) is 6.04 Å². The Kier molecular flexibility index (Phi) is 2.85. The lowest BCUT2D eigenvalue weighted by atomic mass is 10.2. The summed E-state index contributed by atoms with van der Waals surface area (Å²) in [5.41, 5.74) is 3.64. The van der Waals surface area contributed by atoms with E-state index in [9.17, 15) is 4.79 Å². The van der Waals surface area contributed by atoms with E-state index in [1.54, 1.807) is 18.5 Å². The largest absolute Gasteiger partial charge is 0.346 e. The van der Waals surface area contributed by atoms with Gasteiger partial charge in [0, 0.05) is 35.9 Å². The van der Waals surface area contributed by atoms with Crippen LogP contribution in [0.3, 0.4) is 0 Å². The Morgan fingerprint density at radius 2 is 2.21 bits per heavy atom. The van der Waals surface area contributed by atoms with Crippen molar-refractivity contribution in [1.29, 1.82) is 0 Å². The molecule has 2 heterocycles. The number of nitrogens with zero attached hydrogens (tertiary/aromatic N) is 3. The van der Waals surface area contributed by atoms with Crippen molar-refractivity contribution in [2.24, 2.45) is 0 Å². The molecule has 0 aliphatic heterocycles. The first kappa shape index (κ1) is 12.0. The molecule has 0 saturated heterocycles. The highest BCUT2D eigenvalue weighted by Crippen LogP contribution is 2.38. The Bertz CT molecular complexity index is 631. The van der Waals surface area contributed by atoms with Crippen LogP contribution in [0.15, 0.2) is 30.9 Å². The number of aryl methyl sites for hydroxylation is 1. The SMILES string of the molecule is Cc1cc(/C=C/C(=O)n2ccnc2)c(C)n1C1CC1. The molecule has 0 radical (unpaired) electrons. The second-order valence-corrected chi connectivity index (χ2v) is 5.07. The Labute approximate surface area is 112 Å². The van der Waals surface area contributed by atoms with E-state index in [1.807, 2.05) is 6.08 Å². The molecular formula is C15H17N3O.